The number of thiophene rings is 1. The number of nitrogens with one attached hydrogen (secondary N) is 2. The van der Waals surface area contributed by atoms with Gasteiger partial charge in [0.15, 0.2) is 10.8 Å². The summed E-state index contributed by atoms with van der Waals surface area (Å²) in [5, 5.41) is 4.35. The largest absolute Gasteiger partial charge is 0.465 e. The van der Waals surface area contributed by atoms with Crippen LogP contribution in [0.4, 0.5) is 5.00 Å². The molecule has 136 valence electrons. The Balaban J connectivity index is 1.69. The Hall–Kier alpha value is -2.10. The molecule has 10 heteroatoms. The number of carbonyl (C=O) groups excluding carboxylic acids is 2. The summed E-state index contributed by atoms with van der Waals surface area (Å²) in [5.41, 5.74) is 2.45. The van der Waals surface area contributed by atoms with Crippen molar-refractivity contribution in [3.05, 3.63) is 33.3 Å². The molecule has 0 aromatic carbocycles. The Morgan fingerprint density at radius 3 is 2.92 bits per heavy atom. The maximum Gasteiger partial charge on any atom is 0.341 e. The van der Waals surface area contributed by atoms with Crippen molar-refractivity contribution in [3.8, 4) is 0 Å². The zero-order valence-corrected chi connectivity index (χ0v) is 16.6. The molecule has 3 aromatic rings. The fourth-order valence-corrected chi connectivity index (χ4v) is 4.18. The van der Waals surface area contributed by atoms with Crippen LogP contribution in [0.3, 0.4) is 0 Å². The van der Waals surface area contributed by atoms with Crippen LogP contribution in [0.15, 0.2) is 17.4 Å². The van der Waals surface area contributed by atoms with Crippen molar-refractivity contribution in [1.29, 1.82) is 0 Å². The first-order valence-electron chi connectivity index (χ1n) is 7.51. The number of hydrogen-bond donors (Lipinski definition) is 2. The van der Waals surface area contributed by atoms with E-state index < -0.39 is 5.97 Å². The molecule has 26 heavy (non-hydrogen) atoms. The molecule has 3 aromatic heterocycles. The third kappa shape index (κ3) is 3.84. The summed E-state index contributed by atoms with van der Waals surface area (Å²) < 4.78 is 4.80. The lowest BCUT2D eigenvalue weighted by Crippen LogP contribution is -2.16. The highest BCUT2D eigenvalue weighted by atomic mass is 35.5. The van der Waals surface area contributed by atoms with Gasteiger partial charge in [0.1, 0.15) is 5.00 Å². The van der Waals surface area contributed by atoms with Crippen LogP contribution in [-0.4, -0.2) is 39.7 Å². The first kappa shape index (κ1) is 18.7. The van der Waals surface area contributed by atoms with Gasteiger partial charge in [0.2, 0.25) is 5.91 Å². The van der Waals surface area contributed by atoms with E-state index in [-0.39, 0.29) is 11.7 Å². The summed E-state index contributed by atoms with van der Waals surface area (Å²) in [6, 6.07) is 1.72. The summed E-state index contributed by atoms with van der Waals surface area (Å²) in [6.07, 6.45) is 1.52. The molecule has 1 amide bonds. The number of anilines is 1. The molecule has 0 radical (unpaired) electrons. The molecule has 0 saturated carbocycles. The Bertz CT molecular complexity index is 999. The summed E-state index contributed by atoms with van der Waals surface area (Å²) in [5.74, 6) is -0.577. The van der Waals surface area contributed by atoms with E-state index in [0.717, 1.165) is 10.4 Å². The highest BCUT2D eigenvalue weighted by Gasteiger charge is 2.21. The Morgan fingerprint density at radius 2 is 2.19 bits per heavy atom. The van der Waals surface area contributed by atoms with Crippen molar-refractivity contribution in [2.75, 3.05) is 18.2 Å². The molecule has 3 rings (SSSR count). The van der Waals surface area contributed by atoms with Gasteiger partial charge in [-0.25, -0.2) is 14.8 Å². The number of H-pyrrole nitrogens is 1. The van der Waals surface area contributed by atoms with Gasteiger partial charge in [-0.2, -0.15) is 0 Å². The first-order chi connectivity index (χ1) is 12.4. The van der Waals surface area contributed by atoms with Gasteiger partial charge in [-0.05, 0) is 25.5 Å². The number of fused-ring (bicyclic) bond motifs is 1. The normalized spacial score (nSPS) is 10.9. The highest BCUT2D eigenvalue weighted by molar-refractivity contribution is 7.99. The third-order valence-corrected chi connectivity index (χ3v) is 5.85. The molecular formula is C16H15ClN4O3S2. The lowest BCUT2D eigenvalue weighted by atomic mass is 10.1. The monoisotopic (exact) mass is 410 g/mol. The number of imidazole rings is 1. The molecule has 0 aliphatic rings. The van der Waals surface area contributed by atoms with Gasteiger partial charge < -0.3 is 15.0 Å². The number of hydrogen-bond acceptors (Lipinski definition) is 7. The molecule has 7 nitrogen and oxygen atoms in total. The van der Waals surface area contributed by atoms with Gasteiger partial charge in [0.05, 0.1) is 29.0 Å². The molecule has 0 fully saturated rings. The fraction of sp³-hybridized carbons (Fsp3) is 0.250. The fourth-order valence-electron chi connectivity index (χ4n) is 2.28. The molecule has 0 aliphatic heterocycles. The second-order valence-corrected chi connectivity index (χ2v) is 8.01. The number of carbonyl (C=O) groups is 2. The van der Waals surface area contributed by atoms with Crippen molar-refractivity contribution in [3.63, 3.8) is 0 Å². The van der Waals surface area contributed by atoms with Crippen LogP contribution in [0.5, 0.6) is 0 Å². The number of aryl methyl sites for hydroxylation is 1. The smallest absolute Gasteiger partial charge is 0.341 e. The van der Waals surface area contributed by atoms with E-state index in [9.17, 15) is 9.59 Å². The molecule has 0 atom stereocenters. The summed E-state index contributed by atoms with van der Waals surface area (Å²) in [4.78, 5) is 36.7. The number of ether oxygens (including phenoxy) is 1. The number of aromatic nitrogens is 3. The third-order valence-electron chi connectivity index (χ3n) is 3.65. The van der Waals surface area contributed by atoms with Crippen LogP contribution >= 0.6 is 34.7 Å². The second kappa shape index (κ2) is 7.65. The van der Waals surface area contributed by atoms with Crippen molar-refractivity contribution >= 4 is 62.7 Å². The maximum absolute atomic E-state index is 12.3. The molecule has 0 saturated heterocycles. The molecule has 0 aliphatic carbocycles. The van der Waals surface area contributed by atoms with E-state index in [0.29, 0.717) is 31.9 Å². The molecule has 0 spiro atoms. The number of halogens is 1. The van der Waals surface area contributed by atoms with Crippen LogP contribution in [0.25, 0.3) is 11.2 Å². The van der Waals surface area contributed by atoms with Gasteiger partial charge in [-0.1, -0.05) is 23.4 Å². The standard InChI is InChI=1S/C16H15ClN4O3S2/c1-7-8(2)26-14(12(7)15(23)24-3)20-11(22)6-25-16-19-10-4-9(17)5-18-13(10)21-16/h4-5H,6H2,1-3H3,(H,20,22)(H,18,19,21). The Kier molecular flexibility index (Phi) is 5.49. The summed E-state index contributed by atoms with van der Waals surface area (Å²) >= 11 is 8.48. The van der Waals surface area contributed by atoms with Crippen molar-refractivity contribution in [2.45, 2.75) is 19.0 Å². The minimum absolute atomic E-state index is 0.129. The van der Waals surface area contributed by atoms with Gasteiger partial charge in [0, 0.05) is 11.1 Å². The average molecular weight is 411 g/mol. The number of pyridine rings is 1. The molecular weight excluding hydrogens is 396 g/mol. The predicted octanol–water partition coefficient (Wildman–Crippen LogP) is 3.81. The highest BCUT2D eigenvalue weighted by Crippen LogP contribution is 2.33. The van der Waals surface area contributed by atoms with Gasteiger partial charge >= 0.3 is 5.97 Å². The van der Waals surface area contributed by atoms with E-state index in [4.69, 9.17) is 16.3 Å². The van der Waals surface area contributed by atoms with Crippen LogP contribution < -0.4 is 5.32 Å². The first-order valence-corrected chi connectivity index (χ1v) is 9.69. The molecule has 0 unspecified atom stereocenters. The zero-order valence-electron chi connectivity index (χ0n) is 14.2. The minimum atomic E-state index is -0.463. The predicted molar refractivity (Wildman–Crippen MR) is 103 cm³/mol. The lowest BCUT2D eigenvalue weighted by molar-refractivity contribution is -0.113. The van der Waals surface area contributed by atoms with E-state index >= 15 is 0 Å². The summed E-state index contributed by atoms with van der Waals surface area (Å²) in [6.45, 7) is 3.72. The molecule has 2 N–H and O–H groups in total. The SMILES string of the molecule is COC(=O)c1c(NC(=O)CSc2nc3ncc(Cl)cc3[nH]2)sc(C)c1C. The summed E-state index contributed by atoms with van der Waals surface area (Å²) in [7, 11) is 1.32. The number of methoxy groups -OCH3 is 1. The van der Waals surface area contributed by atoms with E-state index in [1.165, 1.54) is 36.4 Å². The van der Waals surface area contributed by atoms with Crippen LogP contribution in [0, 0.1) is 13.8 Å². The van der Waals surface area contributed by atoms with Gasteiger partial charge in [-0.15, -0.1) is 11.3 Å². The molecule has 3 heterocycles. The van der Waals surface area contributed by atoms with Crippen LogP contribution in [0.2, 0.25) is 5.02 Å². The topological polar surface area (TPSA) is 97.0 Å². The second-order valence-electron chi connectivity index (χ2n) is 5.38. The number of esters is 1. The number of amides is 1. The van der Waals surface area contributed by atoms with Crippen molar-refractivity contribution in [1.82, 2.24) is 15.0 Å². The maximum atomic E-state index is 12.3. The quantitative estimate of drug-likeness (QED) is 0.490. The number of aromatic amines is 1. The van der Waals surface area contributed by atoms with E-state index in [2.05, 4.69) is 20.3 Å². The average Bonchev–Trinajstić information content (AvgIpc) is 3.12. The van der Waals surface area contributed by atoms with Crippen LogP contribution in [0.1, 0.15) is 20.8 Å². The van der Waals surface area contributed by atoms with E-state index in [1.807, 2.05) is 13.8 Å². The lowest BCUT2D eigenvalue weighted by Gasteiger charge is -2.05. The molecule has 0 bridgehead atoms. The van der Waals surface area contributed by atoms with Gasteiger partial charge in [-0.3, -0.25) is 4.79 Å². The Morgan fingerprint density at radius 1 is 1.42 bits per heavy atom. The van der Waals surface area contributed by atoms with Crippen molar-refractivity contribution < 1.29 is 14.3 Å². The van der Waals surface area contributed by atoms with Crippen molar-refractivity contribution in [2.24, 2.45) is 0 Å². The van der Waals surface area contributed by atoms with Gasteiger partial charge in [0.25, 0.3) is 0 Å². The zero-order chi connectivity index (χ0) is 18.8. The van der Waals surface area contributed by atoms with Crippen LogP contribution in [-0.2, 0) is 9.53 Å². The minimum Gasteiger partial charge on any atom is -0.465 e. The van der Waals surface area contributed by atoms with E-state index in [1.54, 1.807) is 6.07 Å². The number of nitrogens with zero attached hydrogens (tertiary/aromatic N) is 2. The number of thioether (sulfide) groups is 1. The Labute approximate surface area is 162 Å². The number of rotatable bonds is 5.